The number of ether oxygens (including phenoxy) is 3. The van der Waals surface area contributed by atoms with Crippen molar-refractivity contribution in [1.29, 1.82) is 0 Å². The fourth-order valence-corrected chi connectivity index (χ4v) is 9.67. The second kappa shape index (κ2) is 13.1. The molecule has 3 fully saturated rings. The maximum atomic E-state index is 17.6. The quantitative estimate of drug-likeness (QED) is 0.238. The van der Waals surface area contributed by atoms with Crippen LogP contribution < -0.4 is 24.2 Å². The molecule has 0 amide bonds. The minimum absolute atomic E-state index is 0.0101. The summed E-state index contributed by atoms with van der Waals surface area (Å²) in [4.78, 5) is 18.1. The van der Waals surface area contributed by atoms with Gasteiger partial charge in [-0.1, -0.05) is 13.0 Å². The molecule has 0 unspecified atom stereocenters. The topological polar surface area (TPSA) is 122 Å². The molecular weight excluding hydrogens is 756 g/mol. The first-order valence-electron chi connectivity index (χ1n) is 18.0. The van der Waals surface area contributed by atoms with E-state index in [-0.39, 0.29) is 92.8 Å². The summed E-state index contributed by atoms with van der Waals surface area (Å²) in [5.74, 6) is -1.47. The van der Waals surface area contributed by atoms with Gasteiger partial charge in [0.25, 0.3) is 0 Å². The number of pyridine rings is 1. The highest BCUT2D eigenvalue weighted by molar-refractivity contribution is 7.93. The van der Waals surface area contributed by atoms with Crippen LogP contribution in [0.5, 0.6) is 11.9 Å². The van der Waals surface area contributed by atoms with Crippen LogP contribution in [0.2, 0.25) is 0 Å². The number of benzene rings is 2. The van der Waals surface area contributed by atoms with E-state index >= 15 is 8.78 Å². The van der Waals surface area contributed by atoms with Crippen LogP contribution in [0.25, 0.3) is 32.9 Å². The van der Waals surface area contributed by atoms with E-state index in [1.807, 2.05) is 4.90 Å². The molecule has 1 N–H and O–H groups in total. The van der Waals surface area contributed by atoms with E-state index in [1.54, 1.807) is 6.92 Å². The van der Waals surface area contributed by atoms with Crippen LogP contribution in [-0.4, -0.2) is 91.4 Å². The molecule has 292 valence electrons. The van der Waals surface area contributed by atoms with E-state index in [9.17, 15) is 26.0 Å². The Kier molecular flexibility index (Phi) is 8.59. The molecule has 3 saturated heterocycles. The minimum atomic E-state index is -5.96. The Hall–Kier alpha value is -4.46. The number of aromatic nitrogens is 3. The van der Waals surface area contributed by atoms with Gasteiger partial charge in [0.05, 0.1) is 30.2 Å². The highest BCUT2D eigenvalue weighted by atomic mass is 32.2. The Bertz CT molecular complexity index is 2400. The predicted octanol–water partition coefficient (Wildman–Crippen LogP) is 5.82. The summed E-state index contributed by atoms with van der Waals surface area (Å²) in [7, 11) is -5.96. The second-order valence-corrected chi connectivity index (χ2v) is 16.3. The third-order valence-electron chi connectivity index (χ3n) is 11.3. The molecule has 19 heteroatoms. The molecule has 2 atom stereocenters. The normalized spacial score (nSPS) is 23.5. The molecule has 0 spiro atoms. The molecule has 0 bridgehead atoms. The van der Waals surface area contributed by atoms with Crippen molar-refractivity contribution >= 4 is 43.2 Å². The molecule has 5 aliphatic rings. The minimum Gasteiger partial charge on any atom is -0.475 e. The van der Waals surface area contributed by atoms with Gasteiger partial charge in [0.15, 0.2) is 5.82 Å². The van der Waals surface area contributed by atoms with Crippen molar-refractivity contribution in [3.05, 3.63) is 52.9 Å². The lowest BCUT2D eigenvalue weighted by Gasteiger charge is -2.31. The van der Waals surface area contributed by atoms with Gasteiger partial charge in [0, 0.05) is 37.4 Å². The van der Waals surface area contributed by atoms with Gasteiger partial charge in [-0.25, -0.2) is 23.6 Å². The zero-order valence-electron chi connectivity index (χ0n) is 29.5. The van der Waals surface area contributed by atoms with Crippen LogP contribution in [0.4, 0.5) is 37.8 Å². The van der Waals surface area contributed by atoms with Gasteiger partial charge in [-0.3, -0.25) is 4.90 Å². The molecule has 0 radical (unpaired) electrons. The number of rotatable bonds is 6. The average molecular weight is 792 g/mol. The number of hydrazine groups is 1. The Morgan fingerprint density at radius 1 is 1.11 bits per heavy atom. The number of hydrogen-bond acceptors (Lipinski definition) is 11. The van der Waals surface area contributed by atoms with Crippen LogP contribution in [0.1, 0.15) is 43.7 Å². The molecule has 55 heavy (non-hydrogen) atoms. The van der Waals surface area contributed by atoms with Crippen LogP contribution in [0, 0.1) is 11.6 Å². The van der Waals surface area contributed by atoms with Crippen molar-refractivity contribution in [2.24, 2.45) is 0 Å². The van der Waals surface area contributed by atoms with Gasteiger partial charge in [-0.2, -0.15) is 36.0 Å². The molecule has 2 aromatic heterocycles. The fourth-order valence-electron chi connectivity index (χ4n) is 8.81. The Morgan fingerprint density at radius 2 is 1.95 bits per heavy atom. The Balaban J connectivity index is 1.28. The maximum absolute atomic E-state index is 17.6. The highest BCUT2D eigenvalue weighted by Gasteiger charge is 2.53. The van der Waals surface area contributed by atoms with Gasteiger partial charge in [-0.15, -0.1) is 0 Å². The van der Waals surface area contributed by atoms with E-state index in [2.05, 4.69) is 20.3 Å². The van der Waals surface area contributed by atoms with E-state index in [0.29, 0.717) is 44.4 Å². The third kappa shape index (κ3) is 5.59. The number of sulfonamides is 1. The Labute approximate surface area is 311 Å². The summed E-state index contributed by atoms with van der Waals surface area (Å²) in [6.07, 6.45) is 3.43. The molecule has 2 aromatic carbocycles. The van der Waals surface area contributed by atoms with Crippen molar-refractivity contribution in [3.8, 4) is 23.1 Å². The smallest absolute Gasteiger partial charge is 0.475 e. The number of nitrogens with zero attached hydrogens (tertiary/aromatic N) is 6. The van der Waals surface area contributed by atoms with Gasteiger partial charge in [0.2, 0.25) is 5.88 Å². The number of nitrogens with one attached hydrogen (secondary N) is 1. The largest absolute Gasteiger partial charge is 0.518 e. The molecule has 0 saturated carbocycles. The summed E-state index contributed by atoms with van der Waals surface area (Å²) in [5, 5.41) is 0.426. The molecule has 7 heterocycles. The SMILES string of the molecule is CCc1c(F)ccc2cc3c(c(-c4nc5c6c(nc(OC[C@@]78CCCN7C/C(=C\F)C8)nc6c4F)N4CCCOC[C@H]4CO5)c12)CNN3S(=O)(=O)C(F)(F)F. The van der Waals surface area contributed by atoms with Crippen LogP contribution in [0.3, 0.4) is 0 Å². The Morgan fingerprint density at radius 3 is 2.73 bits per heavy atom. The zero-order chi connectivity index (χ0) is 38.4. The highest BCUT2D eigenvalue weighted by Crippen LogP contribution is 2.48. The lowest BCUT2D eigenvalue weighted by Crippen LogP contribution is -2.45. The number of aryl methyl sites for hydroxylation is 1. The summed E-state index contributed by atoms with van der Waals surface area (Å²) < 4.78 is 132. The van der Waals surface area contributed by atoms with Gasteiger partial charge >= 0.3 is 21.5 Å². The summed E-state index contributed by atoms with van der Waals surface area (Å²) in [5.41, 5.74) is -4.41. The summed E-state index contributed by atoms with van der Waals surface area (Å²) >= 11 is 0. The van der Waals surface area contributed by atoms with Crippen LogP contribution >= 0.6 is 0 Å². The van der Waals surface area contributed by atoms with Crippen molar-refractivity contribution < 1.29 is 49.0 Å². The van der Waals surface area contributed by atoms with Gasteiger partial charge < -0.3 is 19.1 Å². The second-order valence-electron chi connectivity index (χ2n) is 14.5. The average Bonchev–Trinajstić information content (AvgIpc) is 3.77. The lowest BCUT2D eigenvalue weighted by atomic mass is 9.90. The first kappa shape index (κ1) is 36.2. The lowest BCUT2D eigenvalue weighted by molar-refractivity contribution is -0.0440. The van der Waals surface area contributed by atoms with E-state index in [0.717, 1.165) is 25.5 Å². The number of alkyl halides is 3. The first-order chi connectivity index (χ1) is 26.3. The molecule has 0 aliphatic carbocycles. The zero-order valence-corrected chi connectivity index (χ0v) is 30.3. The molecule has 4 aromatic rings. The number of fused-ring (bicyclic) bond motifs is 5. The van der Waals surface area contributed by atoms with E-state index in [4.69, 9.17) is 19.2 Å². The summed E-state index contributed by atoms with van der Waals surface area (Å²) in [6, 6.07) is 3.07. The van der Waals surface area contributed by atoms with Gasteiger partial charge in [0.1, 0.15) is 41.4 Å². The van der Waals surface area contributed by atoms with Gasteiger partial charge in [-0.05, 0) is 72.7 Å². The van der Waals surface area contributed by atoms with E-state index in [1.165, 1.54) is 12.1 Å². The standard InChI is InChI=1S/C36H35F6N7O5S/c1-2-22-24(38)6-5-20-11-25-23(14-43-49(25)55(50,51)36(40,41)42)27(26(20)22)30-29(39)31-28-32(48-9-4-10-52-16-21(48)17-53-33(28)44-30)46-34(45-31)54-18-35-7-3-8-47(35)15-19(12-35)13-37/h5-6,11,13,21,43H,2-4,7-10,12,14-18H2,1H3/b19-13-/t21-,35-/m0/s1. The first-order valence-corrected chi connectivity index (χ1v) is 19.5. The number of anilines is 2. The van der Waals surface area contributed by atoms with Crippen LogP contribution in [-0.2, 0) is 27.7 Å². The van der Waals surface area contributed by atoms with Crippen LogP contribution in [0.15, 0.2) is 30.1 Å². The third-order valence-corrected chi connectivity index (χ3v) is 12.7. The molecule has 9 rings (SSSR count). The summed E-state index contributed by atoms with van der Waals surface area (Å²) in [6.45, 7) is 3.74. The number of hydrogen-bond donors (Lipinski definition) is 1. The monoisotopic (exact) mass is 791 g/mol. The maximum Gasteiger partial charge on any atom is 0.518 e. The van der Waals surface area contributed by atoms with Crippen molar-refractivity contribution in [3.63, 3.8) is 0 Å². The van der Waals surface area contributed by atoms with E-state index < -0.39 is 50.6 Å². The molecule has 12 nitrogen and oxygen atoms in total. The molecule has 5 aliphatic heterocycles. The molecular formula is C36H35F6N7O5S. The fraction of sp³-hybridized carbons (Fsp3) is 0.472. The van der Waals surface area contributed by atoms with Crippen molar-refractivity contribution in [2.45, 2.75) is 62.7 Å². The number of halogens is 6. The van der Waals surface area contributed by atoms with Crippen molar-refractivity contribution in [1.82, 2.24) is 25.3 Å². The van der Waals surface area contributed by atoms with Crippen molar-refractivity contribution in [2.75, 3.05) is 55.4 Å². The predicted molar refractivity (Wildman–Crippen MR) is 189 cm³/mol.